The van der Waals surface area contributed by atoms with Crippen molar-refractivity contribution in [2.24, 2.45) is 0 Å². The van der Waals surface area contributed by atoms with Gasteiger partial charge in [-0.25, -0.2) is 4.79 Å². The first kappa shape index (κ1) is 12.0. The van der Waals surface area contributed by atoms with Gasteiger partial charge in [-0.1, -0.05) is 0 Å². The molecule has 0 radical (unpaired) electrons. The Hall–Kier alpha value is -1.05. The van der Waals surface area contributed by atoms with Gasteiger partial charge in [0, 0.05) is 12.7 Å². The van der Waals surface area contributed by atoms with Crippen molar-refractivity contribution in [3.05, 3.63) is 16.4 Å². The maximum atomic E-state index is 11.8. The molecule has 15 heavy (non-hydrogen) atoms. The van der Waals surface area contributed by atoms with Crippen molar-refractivity contribution in [1.82, 2.24) is 9.78 Å². The highest BCUT2D eigenvalue weighted by Crippen LogP contribution is 2.21. The molecule has 1 rings (SSSR count). The van der Waals surface area contributed by atoms with Crippen molar-refractivity contribution < 1.29 is 23.1 Å². The summed E-state index contributed by atoms with van der Waals surface area (Å²) in [6.45, 7) is -0.393. The fourth-order valence-electron chi connectivity index (χ4n) is 0.898. The Bertz CT molecular complexity index is 375. The molecule has 4 nitrogen and oxygen atoms in total. The third kappa shape index (κ3) is 3.54. The number of aromatic nitrogens is 2. The highest BCUT2D eigenvalue weighted by molar-refractivity contribution is 9.10. The molecule has 0 fully saturated rings. The van der Waals surface area contributed by atoms with E-state index in [1.54, 1.807) is 0 Å². The summed E-state index contributed by atoms with van der Waals surface area (Å²) < 4.78 is 36.6. The number of hydrogen-bond acceptors (Lipinski definition) is 2. The molecule has 1 aromatic heterocycles. The van der Waals surface area contributed by atoms with Gasteiger partial charge in [-0.05, 0) is 15.9 Å². The molecule has 1 aromatic rings. The van der Waals surface area contributed by atoms with Gasteiger partial charge >= 0.3 is 12.1 Å². The quantitative estimate of drug-likeness (QED) is 0.928. The monoisotopic (exact) mass is 286 g/mol. The molecule has 0 aromatic carbocycles. The molecular formula is C7H6BrF3N2O2. The fraction of sp³-hybridized carbons (Fsp3) is 0.429. The number of rotatable bonds is 3. The molecule has 0 saturated carbocycles. The number of aryl methyl sites for hydroxylation is 1. The van der Waals surface area contributed by atoms with Crippen LogP contribution >= 0.6 is 15.9 Å². The van der Waals surface area contributed by atoms with Crippen molar-refractivity contribution in [2.75, 3.05) is 0 Å². The molecule has 1 heterocycles. The third-order valence-corrected chi connectivity index (χ3v) is 2.12. The van der Waals surface area contributed by atoms with Gasteiger partial charge in [0.25, 0.3) is 0 Å². The predicted molar refractivity (Wildman–Crippen MR) is 47.6 cm³/mol. The number of aromatic carboxylic acids is 1. The van der Waals surface area contributed by atoms with Crippen molar-refractivity contribution in [3.63, 3.8) is 0 Å². The largest absolute Gasteiger partial charge is 0.476 e. The number of hydrogen-bond donors (Lipinski definition) is 1. The SMILES string of the molecule is O=C(O)c1nn(CCC(F)(F)F)cc1Br. The molecule has 0 amide bonds. The molecule has 0 bridgehead atoms. The number of nitrogens with zero attached hydrogens (tertiary/aromatic N) is 2. The Labute approximate surface area is 90.8 Å². The molecule has 1 N–H and O–H groups in total. The summed E-state index contributed by atoms with van der Waals surface area (Å²) in [6, 6.07) is 0. The average Bonchev–Trinajstić information content (AvgIpc) is 2.42. The first-order valence-corrected chi connectivity index (χ1v) is 4.62. The van der Waals surface area contributed by atoms with E-state index in [9.17, 15) is 18.0 Å². The van der Waals surface area contributed by atoms with Gasteiger partial charge < -0.3 is 5.11 Å². The summed E-state index contributed by atoms with van der Waals surface area (Å²) in [5, 5.41) is 12.1. The molecule has 0 aliphatic carbocycles. The summed E-state index contributed by atoms with van der Waals surface area (Å²) in [4.78, 5) is 10.5. The maximum Gasteiger partial charge on any atom is 0.390 e. The zero-order valence-corrected chi connectivity index (χ0v) is 8.84. The lowest BCUT2D eigenvalue weighted by Gasteiger charge is -2.05. The Morgan fingerprint density at radius 3 is 2.60 bits per heavy atom. The van der Waals surface area contributed by atoms with E-state index in [-0.39, 0.29) is 10.2 Å². The van der Waals surface area contributed by atoms with Crippen molar-refractivity contribution in [3.8, 4) is 0 Å². The van der Waals surface area contributed by atoms with E-state index in [0.29, 0.717) is 0 Å². The van der Waals surface area contributed by atoms with Crippen molar-refractivity contribution >= 4 is 21.9 Å². The zero-order valence-electron chi connectivity index (χ0n) is 7.25. The predicted octanol–water partition coefficient (Wildman–Crippen LogP) is 2.30. The van der Waals surface area contributed by atoms with Crippen molar-refractivity contribution in [1.29, 1.82) is 0 Å². The van der Waals surface area contributed by atoms with Crippen LogP contribution in [0.25, 0.3) is 0 Å². The van der Waals surface area contributed by atoms with E-state index in [1.807, 2.05) is 0 Å². The molecule has 0 saturated heterocycles. The summed E-state index contributed by atoms with van der Waals surface area (Å²) in [5.41, 5.74) is -0.294. The lowest BCUT2D eigenvalue weighted by Crippen LogP contribution is -2.13. The van der Waals surface area contributed by atoms with Gasteiger partial charge in [0.2, 0.25) is 0 Å². The molecule has 0 unspecified atom stereocenters. The van der Waals surface area contributed by atoms with Gasteiger partial charge in [-0.15, -0.1) is 0 Å². The second-order valence-corrected chi connectivity index (χ2v) is 3.61. The van der Waals surface area contributed by atoms with E-state index in [1.165, 1.54) is 6.20 Å². The van der Waals surface area contributed by atoms with Crippen LogP contribution in [0.4, 0.5) is 13.2 Å². The topological polar surface area (TPSA) is 55.1 Å². The summed E-state index contributed by atoms with van der Waals surface area (Å²) >= 11 is 2.89. The minimum Gasteiger partial charge on any atom is -0.476 e. The van der Waals surface area contributed by atoms with Gasteiger partial charge in [0.1, 0.15) is 0 Å². The van der Waals surface area contributed by atoms with Gasteiger partial charge in [-0.3, -0.25) is 4.68 Å². The normalized spacial score (nSPS) is 11.7. The smallest absolute Gasteiger partial charge is 0.390 e. The van der Waals surface area contributed by atoms with Gasteiger partial charge in [0.05, 0.1) is 10.9 Å². The summed E-state index contributed by atoms with van der Waals surface area (Å²) in [5.74, 6) is -1.28. The number of halogens is 4. The number of alkyl halides is 3. The van der Waals surface area contributed by atoms with E-state index in [2.05, 4.69) is 21.0 Å². The lowest BCUT2D eigenvalue weighted by molar-refractivity contribution is -0.137. The van der Waals surface area contributed by atoms with Crippen LogP contribution < -0.4 is 0 Å². The fourth-order valence-corrected chi connectivity index (χ4v) is 1.38. The molecule has 0 atom stereocenters. The van der Waals surface area contributed by atoms with Gasteiger partial charge in [-0.2, -0.15) is 18.3 Å². The Balaban J connectivity index is 2.72. The Morgan fingerprint density at radius 2 is 2.20 bits per heavy atom. The van der Waals surface area contributed by atoms with Crippen LogP contribution in [0.1, 0.15) is 16.9 Å². The van der Waals surface area contributed by atoms with E-state index < -0.39 is 25.1 Å². The lowest BCUT2D eigenvalue weighted by atomic mass is 10.4. The summed E-state index contributed by atoms with van der Waals surface area (Å²) in [6.07, 6.45) is -4.11. The molecule has 84 valence electrons. The molecular weight excluding hydrogens is 281 g/mol. The van der Waals surface area contributed by atoms with Crippen LogP contribution in [0.2, 0.25) is 0 Å². The first-order valence-electron chi connectivity index (χ1n) is 3.82. The van der Waals surface area contributed by atoms with Crippen molar-refractivity contribution in [2.45, 2.75) is 19.1 Å². The average molecular weight is 287 g/mol. The van der Waals surface area contributed by atoms with E-state index in [0.717, 1.165) is 4.68 Å². The second kappa shape index (κ2) is 4.21. The zero-order chi connectivity index (χ0) is 11.6. The van der Waals surface area contributed by atoms with E-state index in [4.69, 9.17) is 5.11 Å². The highest BCUT2D eigenvalue weighted by Gasteiger charge is 2.27. The number of carboxylic acids is 1. The van der Waals surface area contributed by atoms with Crippen LogP contribution in [-0.2, 0) is 6.54 Å². The van der Waals surface area contributed by atoms with Crippen LogP contribution in [0.5, 0.6) is 0 Å². The molecule has 0 aliphatic heterocycles. The van der Waals surface area contributed by atoms with Crippen LogP contribution in [0.3, 0.4) is 0 Å². The van der Waals surface area contributed by atoms with Crippen LogP contribution in [-0.4, -0.2) is 27.0 Å². The standard InChI is InChI=1S/C7H6BrF3N2O2/c8-4-3-13(2-1-7(9,10)11)12-5(4)6(14)15/h3H,1-2H2,(H,14,15). The molecule has 0 aliphatic rings. The Morgan fingerprint density at radius 1 is 1.60 bits per heavy atom. The van der Waals surface area contributed by atoms with Crippen LogP contribution in [0, 0.1) is 0 Å². The third-order valence-electron chi connectivity index (χ3n) is 1.54. The van der Waals surface area contributed by atoms with Gasteiger partial charge in [0.15, 0.2) is 5.69 Å². The second-order valence-electron chi connectivity index (χ2n) is 2.76. The number of carboxylic acid groups (broad SMARTS) is 1. The minimum absolute atomic E-state index is 0.164. The first-order chi connectivity index (χ1) is 6.79. The minimum atomic E-state index is -4.28. The highest BCUT2D eigenvalue weighted by atomic mass is 79.9. The molecule has 0 spiro atoms. The van der Waals surface area contributed by atoms with Crippen LogP contribution in [0.15, 0.2) is 10.7 Å². The Kier molecular flexibility index (Phi) is 3.38. The summed E-state index contributed by atoms with van der Waals surface area (Å²) in [7, 11) is 0. The maximum absolute atomic E-state index is 11.8. The van der Waals surface area contributed by atoms with E-state index >= 15 is 0 Å². The number of carbonyl (C=O) groups is 1. The molecule has 8 heteroatoms.